The maximum atomic E-state index is 14.0. The lowest BCUT2D eigenvalue weighted by Gasteiger charge is -2.54. The zero-order valence-electron chi connectivity index (χ0n) is 20.3. The van der Waals surface area contributed by atoms with Crippen molar-refractivity contribution in [2.24, 2.45) is 17.6 Å². The van der Waals surface area contributed by atoms with Crippen LogP contribution >= 0.6 is 11.8 Å². The number of aliphatic hydroxyl groups excluding tert-OH is 3. The second kappa shape index (κ2) is 8.91. The maximum absolute atomic E-state index is 14.0. The average molecular weight is 519 g/mol. The number of primary amides is 1. The normalized spacial score (nSPS) is 32.1. The van der Waals surface area contributed by atoms with Crippen LogP contribution in [0.25, 0.3) is 5.76 Å². The van der Waals surface area contributed by atoms with Gasteiger partial charge in [-0.3, -0.25) is 19.3 Å². The number of aromatic hydroxyl groups is 1. The molecule has 0 heterocycles. The van der Waals surface area contributed by atoms with Crippen molar-refractivity contribution in [1.82, 2.24) is 4.90 Å². The molecule has 0 saturated heterocycles. The highest BCUT2D eigenvalue weighted by molar-refractivity contribution is 7.99. The highest BCUT2D eigenvalue weighted by Crippen LogP contribution is 2.56. The minimum absolute atomic E-state index is 0.00431. The van der Waals surface area contributed by atoms with Gasteiger partial charge < -0.3 is 31.3 Å². The third kappa shape index (κ3) is 3.48. The summed E-state index contributed by atoms with van der Waals surface area (Å²) in [4.78, 5) is 40.7. The molecule has 0 aromatic heterocycles. The summed E-state index contributed by atoms with van der Waals surface area (Å²) in [5.41, 5.74) is 1.60. The Morgan fingerprint density at radius 3 is 2.39 bits per heavy atom. The van der Waals surface area contributed by atoms with Gasteiger partial charge in [-0.25, -0.2) is 0 Å². The van der Waals surface area contributed by atoms with Gasteiger partial charge in [0, 0.05) is 23.2 Å². The van der Waals surface area contributed by atoms with Crippen molar-refractivity contribution in [3.8, 4) is 5.75 Å². The molecule has 0 radical (unpaired) electrons. The predicted molar refractivity (Wildman–Crippen MR) is 132 cm³/mol. The van der Waals surface area contributed by atoms with E-state index in [0.29, 0.717) is 11.3 Å². The van der Waals surface area contributed by atoms with Crippen molar-refractivity contribution < 1.29 is 39.9 Å². The van der Waals surface area contributed by atoms with E-state index in [1.165, 1.54) is 25.1 Å². The number of nitrogens with zero attached hydrogens (tertiary/aromatic N) is 1. The van der Waals surface area contributed by atoms with Crippen LogP contribution in [-0.4, -0.2) is 90.8 Å². The lowest BCUT2D eigenvalue weighted by atomic mass is 9.54. The first kappa shape index (κ1) is 26.2. The summed E-state index contributed by atoms with van der Waals surface area (Å²) >= 11 is 1.54. The summed E-state index contributed by atoms with van der Waals surface area (Å²) in [6.45, 7) is 3.95. The first-order chi connectivity index (χ1) is 16.8. The fourth-order valence-corrected chi connectivity index (χ4v) is 6.87. The number of phenols is 1. The van der Waals surface area contributed by atoms with E-state index in [0.717, 1.165) is 0 Å². The summed E-state index contributed by atoms with van der Waals surface area (Å²) in [7, 11) is 2.95. The van der Waals surface area contributed by atoms with Gasteiger partial charge in [-0.1, -0.05) is 26.0 Å². The van der Waals surface area contributed by atoms with E-state index in [1.807, 2.05) is 13.8 Å². The number of ketones is 2. The smallest absolute Gasteiger partial charge is 0.255 e. The van der Waals surface area contributed by atoms with Crippen LogP contribution in [0.3, 0.4) is 0 Å². The molecule has 6 atom stereocenters. The summed E-state index contributed by atoms with van der Waals surface area (Å²) in [5, 5.41) is 56.4. The molecular weight excluding hydrogens is 488 g/mol. The average Bonchev–Trinajstić information content (AvgIpc) is 2.78. The monoisotopic (exact) mass is 518 g/mol. The van der Waals surface area contributed by atoms with Crippen LogP contribution in [0.15, 0.2) is 35.1 Å². The lowest BCUT2D eigenvalue weighted by Crippen LogP contribution is -2.70. The number of carbonyl (C=O) groups is 3. The number of rotatable bonds is 5. The molecule has 1 amide bonds. The van der Waals surface area contributed by atoms with E-state index in [4.69, 9.17) is 5.73 Å². The fraction of sp³-hybridized carbons (Fsp3) is 0.480. The van der Waals surface area contributed by atoms with E-state index >= 15 is 0 Å². The molecule has 1 saturated carbocycles. The minimum atomic E-state index is -2.91. The van der Waals surface area contributed by atoms with Crippen molar-refractivity contribution in [2.75, 3.05) is 19.8 Å². The molecule has 36 heavy (non-hydrogen) atoms. The Labute approximate surface area is 212 Å². The molecule has 0 bridgehead atoms. The number of benzene rings is 1. The van der Waals surface area contributed by atoms with Crippen LogP contribution in [0, 0.1) is 11.8 Å². The second-order valence-corrected chi connectivity index (χ2v) is 11.6. The molecular formula is C25H30N2O8S. The second-order valence-electron chi connectivity index (χ2n) is 9.99. The van der Waals surface area contributed by atoms with Crippen molar-refractivity contribution in [2.45, 2.75) is 42.8 Å². The third-order valence-corrected chi connectivity index (χ3v) is 8.63. The van der Waals surface area contributed by atoms with Gasteiger partial charge in [-0.15, -0.1) is 0 Å². The van der Waals surface area contributed by atoms with Crippen molar-refractivity contribution >= 4 is 35.0 Å². The number of carbonyl (C=O) groups excluding carboxylic acids is 3. The van der Waals surface area contributed by atoms with Crippen molar-refractivity contribution in [1.29, 1.82) is 0 Å². The van der Waals surface area contributed by atoms with Crippen molar-refractivity contribution in [3.63, 3.8) is 0 Å². The topological polar surface area (TPSA) is 182 Å². The van der Waals surface area contributed by atoms with E-state index in [1.54, 1.807) is 23.9 Å². The maximum Gasteiger partial charge on any atom is 0.255 e. The Hall–Kier alpha value is -2.86. The van der Waals surface area contributed by atoms with Gasteiger partial charge in [0.15, 0.2) is 11.4 Å². The van der Waals surface area contributed by atoms with Crippen molar-refractivity contribution in [3.05, 3.63) is 46.2 Å². The van der Waals surface area contributed by atoms with Gasteiger partial charge >= 0.3 is 0 Å². The SMILES string of the molecule is CC(C)SC[C@H]1c2cccc(O)c2C(O)=C2C(=O)[C@]3(O)C(O)=C(C(N)=O)C(=O)[C@@H](N(C)C)[C@@H]3[C@@H](O)[C@@H]21. The molecule has 0 spiro atoms. The zero-order chi connectivity index (χ0) is 26.9. The Morgan fingerprint density at radius 1 is 1.19 bits per heavy atom. The lowest BCUT2D eigenvalue weighted by molar-refractivity contribution is -0.169. The number of amides is 1. The Morgan fingerprint density at radius 2 is 1.83 bits per heavy atom. The molecule has 0 unspecified atom stereocenters. The van der Waals surface area contributed by atoms with Crippen LogP contribution in [0.5, 0.6) is 5.75 Å². The van der Waals surface area contributed by atoms with Gasteiger partial charge in [0.05, 0.1) is 23.6 Å². The fourth-order valence-electron chi connectivity index (χ4n) is 5.89. The summed E-state index contributed by atoms with van der Waals surface area (Å²) in [6.07, 6.45) is -1.61. The van der Waals surface area contributed by atoms with Crippen LogP contribution in [0.2, 0.25) is 0 Å². The van der Waals surface area contributed by atoms with Crippen LogP contribution < -0.4 is 5.73 Å². The zero-order valence-corrected chi connectivity index (χ0v) is 21.1. The van der Waals surface area contributed by atoms with E-state index < -0.39 is 70.1 Å². The highest BCUT2D eigenvalue weighted by Gasteiger charge is 2.68. The summed E-state index contributed by atoms with van der Waals surface area (Å²) < 4.78 is 0. The largest absolute Gasteiger partial charge is 0.508 e. The molecule has 7 N–H and O–H groups in total. The number of nitrogens with two attached hydrogens (primary N) is 1. The number of phenolic OH excluding ortho intramolecular Hbond substituents is 1. The Balaban J connectivity index is 2.04. The van der Waals surface area contributed by atoms with Crippen LogP contribution in [0.1, 0.15) is 30.9 Å². The minimum Gasteiger partial charge on any atom is -0.508 e. The Kier molecular flexibility index (Phi) is 6.49. The molecule has 3 aliphatic rings. The third-order valence-electron chi connectivity index (χ3n) is 7.41. The molecule has 3 aliphatic carbocycles. The molecule has 1 fully saturated rings. The quantitative estimate of drug-likeness (QED) is 0.302. The van der Waals surface area contributed by atoms with E-state index in [-0.39, 0.29) is 22.1 Å². The molecule has 1 aromatic rings. The highest BCUT2D eigenvalue weighted by atomic mass is 32.2. The first-order valence-electron chi connectivity index (χ1n) is 11.5. The van der Waals surface area contributed by atoms with Crippen LogP contribution in [0.4, 0.5) is 0 Å². The molecule has 1 aromatic carbocycles. The van der Waals surface area contributed by atoms with Crippen LogP contribution in [-0.2, 0) is 14.4 Å². The van der Waals surface area contributed by atoms with Gasteiger partial charge in [-0.2, -0.15) is 11.8 Å². The van der Waals surface area contributed by atoms with E-state index in [2.05, 4.69) is 0 Å². The molecule has 194 valence electrons. The number of hydrogen-bond donors (Lipinski definition) is 6. The van der Waals surface area contributed by atoms with Gasteiger partial charge in [0.2, 0.25) is 5.78 Å². The summed E-state index contributed by atoms with van der Waals surface area (Å²) in [5.74, 6) is -8.44. The number of Topliss-reactive ketones (excluding diaryl/α,β-unsaturated/α-hetero) is 2. The molecule has 0 aliphatic heterocycles. The van der Waals surface area contributed by atoms with Gasteiger partial charge in [0.25, 0.3) is 5.91 Å². The molecule has 11 heteroatoms. The number of fused-ring (bicyclic) bond motifs is 3. The van der Waals surface area contributed by atoms with E-state index in [9.17, 15) is 39.9 Å². The Bertz CT molecular complexity index is 1220. The molecule has 4 rings (SSSR count). The van der Waals surface area contributed by atoms with Gasteiger partial charge in [0.1, 0.15) is 22.8 Å². The number of aliphatic hydroxyl groups is 4. The standard InChI is InChI=1S/C25H30N2O8S/c1-9(2)36-8-11-10-6-5-7-12(28)13(10)19(29)15-14(11)20(30)17-18(27(3)4)21(31)16(24(26)34)23(33)25(17,35)22(15)32/h5-7,9,11,14,17-18,20,28-30,33,35H,8H2,1-4H3,(H2,26,34)/t11-,14+,17+,18-,20-,25-/m0/s1. The van der Waals surface area contributed by atoms with Gasteiger partial charge in [-0.05, 0) is 31.0 Å². The summed E-state index contributed by atoms with van der Waals surface area (Å²) in [6, 6.07) is 3.24. The molecule has 10 nitrogen and oxygen atoms in total. The number of thioether (sulfide) groups is 1. The predicted octanol–water partition coefficient (Wildman–Crippen LogP) is 0.618. The number of likely N-dealkylation sites (N-methyl/N-ethyl adjacent to an activating group) is 1. The first-order valence-corrected chi connectivity index (χ1v) is 12.6. The number of hydrogen-bond acceptors (Lipinski definition) is 10.